The number of rotatable bonds is 19. The molecule has 12 heteroatoms. The van der Waals surface area contributed by atoms with E-state index in [1.54, 1.807) is 0 Å². The Morgan fingerprint density at radius 3 is 2.25 bits per heavy atom. The van der Waals surface area contributed by atoms with Crippen LogP contribution in [0.5, 0.6) is 0 Å². The minimum Gasteiger partial charge on any atom is -0.469 e. The molecule has 4 aliphatic carbocycles. The fourth-order valence-electron chi connectivity index (χ4n) is 11.8. The highest BCUT2D eigenvalue weighted by Crippen LogP contribution is 2.60. The number of anilines is 2. The van der Waals surface area contributed by atoms with E-state index in [1.165, 1.54) is 76.2 Å². The van der Waals surface area contributed by atoms with Gasteiger partial charge in [0.25, 0.3) is 11.8 Å². The molecule has 0 spiro atoms. The van der Waals surface area contributed by atoms with Crippen molar-refractivity contribution < 1.29 is 19.1 Å². The lowest BCUT2D eigenvalue weighted by Gasteiger charge is -2.56. The Kier molecular flexibility index (Phi) is 13.2. The lowest BCUT2D eigenvalue weighted by molar-refractivity contribution is -0.140. The average molecular weight is 870 g/mol. The van der Waals surface area contributed by atoms with E-state index in [0.717, 1.165) is 120 Å². The Morgan fingerprint density at radius 2 is 1.52 bits per heavy atom. The first-order valence-corrected chi connectivity index (χ1v) is 24.5. The van der Waals surface area contributed by atoms with E-state index < -0.39 is 0 Å². The van der Waals surface area contributed by atoms with E-state index in [9.17, 15) is 14.4 Å². The summed E-state index contributed by atoms with van der Waals surface area (Å²) in [5, 5.41) is 11.9. The number of thiazole rings is 1. The second-order valence-electron chi connectivity index (χ2n) is 19.1. The molecule has 1 aliphatic heterocycles. The van der Waals surface area contributed by atoms with E-state index in [0.29, 0.717) is 41.3 Å². The molecule has 4 heterocycles. The maximum atomic E-state index is 14.3. The van der Waals surface area contributed by atoms with Gasteiger partial charge in [-0.15, -0.1) is 0 Å². The summed E-state index contributed by atoms with van der Waals surface area (Å²) >= 11 is 1.47. The van der Waals surface area contributed by atoms with Crippen LogP contribution in [0.25, 0.3) is 21.3 Å². The molecule has 10 rings (SSSR count). The van der Waals surface area contributed by atoms with Crippen LogP contribution in [0.1, 0.15) is 140 Å². The standard InChI is InChI=1S/C51H63N7O4S/c1-34-41(31-53-58(34)33-51-28-35-25-36(29-51)27-37(26-35)30-51)39-20-21-45(55-47(39)49(61)52-23-13-9-7-5-3-4-6-8-10-19-46(59)62-2)57-24-22-38-15-14-16-40(42(38)32-57)48(60)56-50-54-43-17-11-12-18-44(43)63-50/h11-12,14-18,20-21,31,35-37H,3-10,13,19,22-30,32-33H2,1-2H3,(H,52,61)(H,54,56,60). The maximum absolute atomic E-state index is 14.3. The fraction of sp³-hybridized carbons (Fsp3) is 0.529. The number of para-hydroxylation sites is 1. The summed E-state index contributed by atoms with van der Waals surface area (Å²) in [4.78, 5) is 51.4. The molecule has 0 saturated heterocycles. The number of hydrogen-bond acceptors (Lipinski definition) is 9. The highest BCUT2D eigenvalue weighted by molar-refractivity contribution is 7.22. The van der Waals surface area contributed by atoms with Gasteiger partial charge in [-0.2, -0.15) is 5.10 Å². The summed E-state index contributed by atoms with van der Waals surface area (Å²) in [6.07, 6.45) is 21.2. The van der Waals surface area contributed by atoms with Crippen LogP contribution in [0.3, 0.4) is 0 Å². The molecular weight excluding hydrogens is 807 g/mol. The van der Waals surface area contributed by atoms with E-state index in [1.807, 2.05) is 48.7 Å². The summed E-state index contributed by atoms with van der Waals surface area (Å²) in [5.74, 6) is 2.88. The molecule has 2 N–H and O–H groups in total. The molecule has 4 saturated carbocycles. The van der Waals surface area contributed by atoms with Gasteiger partial charge in [-0.25, -0.2) is 9.97 Å². The molecule has 3 aromatic heterocycles. The Balaban J connectivity index is 0.889. The topological polar surface area (TPSA) is 131 Å². The first kappa shape index (κ1) is 43.2. The average Bonchev–Trinajstić information content (AvgIpc) is 3.86. The van der Waals surface area contributed by atoms with Gasteiger partial charge < -0.3 is 15.0 Å². The first-order chi connectivity index (χ1) is 30.7. The molecule has 11 nitrogen and oxygen atoms in total. The molecule has 332 valence electrons. The number of unbranched alkanes of at least 4 members (excludes halogenated alkanes) is 8. The van der Waals surface area contributed by atoms with E-state index in [-0.39, 0.29) is 17.8 Å². The molecule has 4 fully saturated rings. The van der Waals surface area contributed by atoms with E-state index >= 15 is 0 Å². The molecule has 2 aromatic carbocycles. The van der Waals surface area contributed by atoms with Crippen molar-refractivity contribution in [3.8, 4) is 11.1 Å². The number of methoxy groups -OCH3 is 1. The van der Waals surface area contributed by atoms with Gasteiger partial charge in [-0.1, -0.05) is 80.5 Å². The van der Waals surface area contributed by atoms with Crippen molar-refractivity contribution in [2.45, 2.75) is 129 Å². The zero-order valence-corrected chi connectivity index (χ0v) is 37.9. The fourth-order valence-corrected chi connectivity index (χ4v) is 12.6. The number of benzene rings is 2. The minimum atomic E-state index is -0.176. The van der Waals surface area contributed by atoms with Crippen LogP contribution in [0.4, 0.5) is 10.9 Å². The summed E-state index contributed by atoms with van der Waals surface area (Å²) in [5.41, 5.74) is 7.24. The molecular formula is C51H63N7O4S. The van der Waals surface area contributed by atoms with Gasteiger partial charge in [-0.05, 0) is 129 Å². The van der Waals surface area contributed by atoms with E-state index in [2.05, 4.69) is 44.3 Å². The van der Waals surface area contributed by atoms with Gasteiger partial charge in [0.05, 0.1) is 23.5 Å². The van der Waals surface area contributed by atoms with Crippen LogP contribution in [0.2, 0.25) is 0 Å². The second-order valence-corrected chi connectivity index (χ2v) is 20.1. The molecule has 0 atom stereocenters. The van der Waals surface area contributed by atoms with Crippen LogP contribution < -0.4 is 15.5 Å². The monoisotopic (exact) mass is 869 g/mol. The van der Waals surface area contributed by atoms with Gasteiger partial charge >= 0.3 is 5.97 Å². The summed E-state index contributed by atoms with van der Waals surface area (Å²) < 4.78 is 7.99. The predicted octanol–water partition coefficient (Wildman–Crippen LogP) is 10.7. The van der Waals surface area contributed by atoms with Gasteiger partial charge in [0.1, 0.15) is 11.5 Å². The molecule has 5 aliphatic rings. The van der Waals surface area contributed by atoms with Crippen LogP contribution in [0, 0.1) is 30.1 Å². The molecule has 63 heavy (non-hydrogen) atoms. The largest absolute Gasteiger partial charge is 0.469 e. The van der Waals surface area contributed by atoms with Crippen molar-refractivity contribution >= 4 is 50.3 Å². The highest BCUT2D eigenvalue weighted by Gasteiger charge is 2.51. The number of hydrogen-bond donors (Lipinski definition) is 2. The lowest BCUT2D eigenvalue weighted by Crippen LogP contribution is -2.48. The van der Waals surface area contributed by atoms with E-state index in [4.69, 9.17) is 14.8 Å². The normalized spacial score (nSPS) is 21.1. The number of esters is 1. The molecule has 5 aromatic rings. The number of carbonyl (C=O) groups is 3. The lowest BCUT2D eigenvalue weighted by atomic mass is 9.49. The van der Waals surface area contributed by atoms with Gasteiger partial charge in [0.2, 0.25) is 0 Å². The summed E-state index contributed by atoms with van der Waals surface area (Å²) in [7, 11) is 1.45. The Morgan fingerprint density at radius 1 is 0.810 bits per heavy atom. The molecule has 0 radical (unpaired) electrons. The third kappa shape index (κ3) is 9.86. The number of amides is 2. The quantitative estimate of drug-likeness (QED) is 0.0619. The minimum absolute atomic E-state index is 0.123. The van der Waals surface area contributed by atoms with Crippen molar-refractivity contribution in [3.63, 3.8) is 0 Å². The number of ether oxygens (including phenoxy) is 1. The van der Waals surface area contributed by atoms with Crippen LogP contribution in [0.15, 0.2) is 60.8 Å². The zero-order valence-electron chi connectivity index (χ0n) is 37.1. The number of aromatic nitrogens is 4. The van der Waals surface area contributed by atoms with Crippen LogP contribution >= 0.6 is 11.3 Å². The smallest absolute Gasteiger partial charge is 0.305 e. The number of fused-ring (bicyclic) bond motifs is 2. The maximum Gasteiger partial charge on any atom is 0.305 e. The summed E-state index contributed by atoms with van der Waals surface area (Å²) in [6, 6.07) is 18.0. The number of nitrogens with one attached hydrogen (secondary N) is 2. The third-order valence-corrected chi connectivity index (χ3v) is 15.5. The van der Waals surface area contributed by atoms with Gasteiger partial charge in [0, 0.05) is 55.0 Å². The predicted molar refractivity (Wildman–Crippen MR) is 250 cm³/mol. The molecule has 2 amide bonds. The number of pyridine rings is 1. The van der Waals surface area contributed by atoms with Crippen LogP contribution in [-0.4, -0.2) is 57.7 Å². The van der Waals surface area contributed by atoms with Crippen LogP contribution in [-0.2, 0) is 29.0 Å². The van der Waals surface area contributed by atoms with Gasteiger partial charge in [0.15, 0.2) is 5.13 Å². The Hall–Kier alpha value is -5.10. The van der Waals surface area contributed by atoms with Gasteiger partial charge in [-0.3, -0.25) is 24.4 Å². The molecule has 0 unspecified atom stereocenters. The van der Waals surface area contributed by atoms with Crippen molar-refractivity contribution in [3.05, 3.63) is 88.9 Å². The van der Waals surface area contributed by atoms with Crippen molar-refractivity contribution in [1.29, 1.82) is 0 Å². The SMILES string of the molecule is COC(=O)CCCCCCCCCCCNC(=O)c1nc(N2CCc3cccc(C(=O)Nc4nc5ccccc5s4)c3C2)ccc1-c1cnn(CC23CC4CC(CC(C4)C2)C3)c1C. The third-order valence-electron chi connectivity index (χ3n) is 14.6. The highest BCUT2D eigenvalue weighted by atomic mass is 32.1. The Bertz CT molecular complexity index is 2370. The Labute approximate surface area is 375 Å². The summed E-state index contributed by atoms with van der Waals surface area (Å²) in [6.45, 7) is 4.92. The van der Waals surface area contributed by atoms with Crippen molar-refractivity contribution in [2.24, 2.45) is 23.2 Å². The second kappa shape index (κ2) is 19.3. The van der Waals surface area contributed by atoms with Crippen molar-refractivity contribution in [1.82, 2.24) is 25.1 Å². The molecule has 4 bridgehead atoms. The van der Waals surface area contributed by atoms with Crippen molar-refractivity contribution in [2.75, 3.05) is 30.4 Å². The zero-order chi connectivity index (χ0) is 43.3. The first-order valence-electron chi connectivity index (χ1n) is 23.7. The number of carbonyl (C=O) groups excluding carboxylic acids is 3. The number of nitrogens with zero attached hydrogens (tertiary/aromatic N) is 5.